The number of ether oxygens (including phenoxy) is 1. The summed E-state index contributed by atoms with van der Waals surface area (Å²) in [5, 5.41) is 3.35. The Hall–Kier alpha value is -0.800. The zero-order valence-corrected chi connectivity index (χ0v) is 12.4. The molecule has 3 nitrogen and oxygen atoms in total. The summed E-state index contributed by atoms with van der Waals surface area (Å²) in [5.41, 5.74) is 1.20. The van der Waals surface area contributed by atoms with Gasteiger partial charge in [-0.05, 0) is 44.4 Å². The molecular weight excluding hydrogens is 226 g/mol. The first-order valence-corrected chi connectivity index (χ1v) is 6.95. The third kappa shape index (κ3) is 4.83. The van der Waals surface area contributed by atoms with Crippen molar-refractivity contribution in [3.05, 3.63) is 23.2 Å². The Labute approximate surface area is 111 Å². The second-order valence-corrected chi connectivity index (χ2v) is 5.26. The van der Waals surface area contributed by atoms with Gasteiger partial charge in [0, 0.05) is 0 Å². The largest absolute Gasteiger partial charge is 0.462 e. The monoisotopic (exact) mass is 253 g/mol. The Morgan fingerprint density at radius 3 is 2.67 bits per heavy atom. The van der Waals surface area contributed by atoms with Crippen molar-refractivity contribution < 1.29 is 9.15 Å². The molecule has 1 atom stereocenters. The van der Waals surface area contributed by atoms with Crippen molar-refractivity contribution in [1.29, 1.82) is 0 Å². The van der Waals surface area contributed by atoms with E-state index < -0.39 is 0 Å². The van der Waals surface area contributed by atoms with E-state index >= 15 is 0 Å². The smallest absolute Gasteiger partial charge is 0.130 e. The summed E-state index contributed by atoms with van der Waals surface area (Å²) in [6.45, 7) is 13.1. The minimum atomic E-state index is 0.261. The quantitative estimate of drug-likeness (QED) is 0.718. The molecule has 1 rings (SSSR count). The lowest BCUT2D eigenvalue weighted by molar-refractivity contribution is 0.0145. The van der Waals surface area contributed by atoms with Gasteiger partial charge in [-0.3, -0.25) is 0 Å². The normalized spacial score (nSPS) is 13.2. The fourth-order valence-electron chi connectivity index (χ4n) is 1.62. The molecule has 3 heteroatoms. The highest BCUT2D eigenvalue weighted by Gasteiger charge is 2.11. The fourth-order valence-corrected chi connectivity index (χ4v) is 1.62. The van der Waals surface area contributed by atoms with Gasteiger partial charge in [-0.1, -0.05) is 20.8 Å². The van der Waals surface area contributed by atoms with E-state index in [1.807, 2.05) is 0 Å². The zero-order valence-electron chi connectivity index (χ0n) is 12.4. The molecule has 104 valence electrons. The van der Waals surface area contributed by atoms with Gasteiger partial charge in [-0.15, -0.1) is 0 Å². The van der Waals surface area contributed by atoms with Crippen LogP contribution >= 0.6 is 0 Å². The van der Waals surface area contributed by atoms with Gasteiger partial charge in [0.25, 0.3) is 0 Å². The predicted octanol–water partition coefficient (Wildman–Crippen LogP) is 3.65. The predicted molar refractivity (Wildman–Crippen MR) is 74.5 cm³/mol. The van der Waals surface area contributed by atoms with E-state index in [1.54, 1.807) is 0 Å². The van der Waals surface area contributed by atoms with Gasteiger partial charge < -0.3 is 14.5 Å². The third-order valence-electron chi connectivity index (χ3n) is 3.21. The first-order valence-electron chi connectivity index (χ1n) is 6.95. The fraction of sp³-hybridized carbons (Fsp3) is 0.733. The first-order chi connectivity index (χ1) is 8.54. The van der Waals surface area contributed by atoms with Crippen LogP contribution in [0.2, 0.25) is 0 Å². The SMILES string of the molecule is CCCNCc1oc(COC(C)C(C)C)cc1C. The van der Waals surface area contributed by atoms with Crippen molar-refractivity contribution >= 4 is 0 Å². The van der Waals surface area contributed by atoms with Crippen LogP contribution in [0, 0.1) is 12.8 Å². The average molecular weight is 253 g/mol. The molecule has 0 bridgehead atoms. The molecular formula is C15H27NO2. The molecule has 1 unspecified atom stereocenters. The lowest BCUT2D eigenvalue weighted by atomic mass is 10.1. The molecule has 0 aliphatic rings. The van der Waals surface area contributed by atoms with Gasteiger partial charge in [-0.25, -0.2) is 0 Å². The van der Waals surface area contributed by atoms with Crippen molar-refractivity contribution in [2.24, 2.45) is 5.92 Å². The van der Waals surface area contributed by atoms with Crippen LogP contribution in [0.15, 0.2) is 10.5 Å². The highest BCUT2D eigenvalue weighted by molar-refractivity contribution is 5.19. The van der Waals surface area contributed by atoms with Gasteiger partial charge in [0.1, 0.15) is 18.1 Å². The van der Waals surface area contributed by atoms with Crippen molar-refractivity contribution in [1.82, 2.24) is 5.32 Å². The number of furan rings is 1. The first kappa shape index (κ1) is 15.3. The average Bonchev–Trinajstić information content (AvgIpc) is 2.67. The van der Waals surface area contributed by atoms with Crippen molar-refractivity contribution in [3.63, 3.8) is 0 Å². The van der Waals surface area contributed by atoms with Crippen molar-refractivity contribution in [2.75, 3.05) is 6.54 Å². The van der Waals surface area contributed by atoms with Crippen LogP contribution < -0.4 is 5.32 Å². The van der Waals surface area contributed by atoms with E-state index in [1.165, 1.54) is 5.56 Å². The molecule has 0 spiro atoms. The Balaban J connectivity index is 2.45. The Bertz CT molecular complexity index is 344. The summed E-state index contributed by atoms with van der Waals surface area (Å²) in [4.78, 5) is 0. The van der Waals surface area contributed by atoms with Crippen LogP contribution in [0.1, 0.15) is 51.2 Å². The van der Waals surface area contributed by atoms with Crippen LogP contribution in [0.4, 0.5) is 0 Å². The van der Waals surface area contributed by atoms with Crippen LogP contribution in [-0.2, 0) is 17.9 Å². The van der Waals surface area contributed by atoms with Crippen LogP contribution in [0.5, 0.6) is 0 Å². The summed E-state index contributed by atoms with van der Waals surface area (Å²) in [6, 6.07) is 2.08. The van der Waals surface area contributed by atoms with E-state index in [2.05, 4.69) is 46.0 Å². The maximum atomic E-state index is 5.80. The van der Waals surface area contributed by atoms with Gasteiger partial charge in [0.2, 0.25) is 0 Å². The molecule has 0 radical (unpaired) electrons. The summed E-state index contributed by atoms with van der Waals surface area (Å²) >= 11 is 0. The van der Waals surface area contributed by atoms with Gasteiger partial charge in [-0.2, -0.15) is 0 Å². The third-order valence-corrected chi connectivity index (χ3v) is 3.21. The van der Waals surface area contributed by atoms with E-state index in [9.17, 15) is 0 Å². The highest BCUT2D eigenvalue weighted by atomic mass is 16.5. The molecule has 1 N–H and O–H groups in total. The molecule has 0 saturated carbocycles. The molecule has 0 amide bonds. The van der Waals surface area contributed by atoms with Gasteiger partial charge >= 0.3 is 0 Å². The Morgan fingerprint density at radius 2 is 2.06 bits per heavy atom. The molecule has 1 aromatic rings. The lowest BCUT2D eigenvalue weighted by Gasteiger charge is -2.15. The van der Waals surface area contributed by atoms with Crippen molar-refractivity contribution in [3.8, 4) is 0 Å². The maximum Gasteiger partial charge on any atom is 0.130 e. The second-order valence-electron chi connectivity index (χ2n) is 5.26. The maximum absolute atomic E-state index is 5.80. The van der Waals surface area contributed by atoms with Gasteiger partial charge in [0.15, 0.2) is 0 Å². The highest BCUT2D eigenvalue weighted by Crippen LogP contribution is 2.17. The zero-order chi connectivity index (χ0) is 13.5. The van der Waals surface area contributed by atoms with Crippen LogP contribution in [0.3, 0.4) is 0 Å². The number of nitrogens with one attached hydrogen (secondary N) is 1. The van der Waals surface area contributed by atoms with E-state index in [0.29, 0.717) is 12.5 Å². The molecule has 0 fully saturated rings. The minimum Gasteiger partial charge on any atom is -0.462 e. The van der Waals surface area contributed by atoms with E-state index in [0.717, 1.165) is 31.0 Å². The van der Waals surface area contributed by atoms with Crippen LogP contribution in [-0.4, -0.2) is 12.6 Å². The molecule has 0 aliphatic carbocycles. The standard InChI is InChI=1S/C15H27NO2/c1-6-7-16-9-15-12(4)8-14(18-15)10-17-13(5)11(2)3/h8,11,13,16H,6-7,9-10H2,1-5H3. The molecule has 1 aromatic heterocycles. The van der Waals surface area contributed by atoms with Crippen LogP contribution in [0.25, 0.3) is 0 Å². The minimum absolute atomic E-state index is 0.261. The number of hydrogen-bond donors (Lipinski definition) is 1. The summed E-state index contributed by atoms with van der Waals surface area (Å²) in [7, 11) is 0. The Morgan fingerprint density at radius 1 is 1.33 bits per heavy atom. The number of hydrogen-bond acceptors (Lipinski definition) is 3. The summed E-state index contributed by atoms with van der Waals surface area (Å²) in [5.74, 6) is 2.49. The van der Waals surface area contributed by atoms with E-state index in [4.69, 9.17) is 9.15 Å². The summed E-state index contributed by atoms with van der Waals surface area (Å²) < 4.78 is 11.6. The number of rotatable bonds is 8. The number of aryl methyl sites for hydroxylation is 1. The topological polar surface area (TPSA) is 34.4 Å². The lowest BCUT2D eigenvalue weighted by Crippen LogP contribution is -2.15. The van der Waals surface area contributed by atoms with E-state index in [-0.39, 0.29) is 6.10 Å². The molecule has 0 saturated heterocycles. The molecule has 0 aliphatic heterocycles. The molecule has 0 aromatic carbocycles. The summed E-state index contributed by atoms with van der Waals surface area (Å²) in [6.07, 6.45) is 1.40. The Kier molecular flexibility index (Phi) is 6.44. The van der Waals surface area contributed by atoms with Crippen molar-refractivity contribution in [2.45, 2.75) is 60.3 Å². The molecule has 1 heterocycles. The van der Waals surface area contributed by atoms with Gasteiger partial charge in [0.05, 0.1) is 12.6 Å². The molecule has 18 heavy (non-hydrogen) atoms. The second kappa shape index (κ2) is 7.59.